The minimum atomic E-state index is -0.947. The Morgan fingerprint density at radius 2 is 1.94 bits per heavy atom. The van der Waals surface area contributed by atoms with Crippen molar-refractivity contribution >= 4 is 11.9 Å². The maximum Gasteiger partial charge on any atom is 0.306 e. The van der Waals surface area contributed by atoms with Crippen molar-refractivity contribution in [1.82, 2.24) is 0 Å². The Balaban J connectivity index is 1.45. The van der Waals surface area contributed by atoms with Gasteiger partial charge in [0.15, 0.2) is 0 Å². The lowest BCUT2D eigenvalue weighted by Gasteiger charge is -2.58. The first-order valence-electron chi connectivity index (χ1n) is 12.6. The number of carbonyl (C=O) groups is 2. The first-order chi connectivity index (χ1) is 14.7. The summed E-state index contributed by atoms with van der Waals surface area (Å²) in [5.74, 6) is 2.63. The highest BCUT2D eigenvalue weighted by molar-refractivity contribution is 5.76. The fourth-order valence-corrected chi connectivity index (χ4v) is 8.36. The molecule has 0 amide bonds. The maximum atomic E-state index is 12.0. The van der Waals surface area contributed by atoms with Gasteiger partial charge in [-0.25, -0.2) is 0 Å². The second kappa shape index (κ2) is 8.56. The van der Waals surface area contributed by atoms with Crippen molar-refractivity contribution in [2.24, 2.45) is 40.4 Å². The molecule has 0 aromatic rings. The van der Waals surface area contributed by atoms with Crippen molar-refractivity contribution in [2.75, 3.05) is 0 Å². The zero-order valence-electron chi connectivity index (χ0n) is 19.7. The largest absolute Gasteiger partial charge is 0.481 e. The van der Waals surface area contributed by atoms with E-state index in [1.165, 1.54) is 37.7 Å². The third-order valence-electron chi connectivity index (χ3n) is 10.1. The fourth-order valence-electron chi connectivity index (χ4n) is 8.36. The van der Waals surface area contributed by atoms with Gasteiger partial charge in [0.2, 0.25) is 0 Å². The minimum Gasteiger partial charge on any atom is -0.481 e. The molecule has 4 heteroatoms. The van der Waals surface area contributed by atoms with E-state index in [4.69, 9.17) is 9.84 Å². The van der Waals surface area contributed by atoms with Crippen LogP contribution in [0.2, 0.25) is 0 Å². The molecule has 3 saturated carbocycles. The minimum absolute atomic E-state index is 0.0278. The van der Waals surface area contributed by atoms with Crippen LogP contribution in [0.25, 0.3) is 0 Å². The Labute approximate surface area is 188 Å². The van der Waals surface area contributed by atoms with Crippen LogP contribution in [0.5, 0.6) is 0 Å². The number of allylic oxidation sites excluding steroid dienone is 1. The molecule has 0 spiro atoms. The van der Waals surface area contributed by atoms with E-state index in [0.29, 0.717) is 5.41 Å². The Bertz CT molecular complexity index is 742. The van der Waals surface area contributed by atoms with Crippen LogP contribution in [-0.4, -0.2) is 23.1 Å². The molecule has 1 N–H and O–H groups in total. The fraction of sp³-hybridized carbons (Fsp3) is 0.815. The molecule has 4 aliphatic rings. The highest BCUT2D eigenvalue weighted by Gasteiger charge is 2.59. The zero-order chi connectivity index (χ0) is 22.4. The van der Waals surface area contributed by atoms with Crippen LogP contribution in [0.4, 0.5) is 0 Å². The first kappa shape index (κ1) is 22.9. The third-order valence-corrected chi connectivity index (χ3v) is 10.1. The number of rotatable bonds is 6. The third kappa shape index (κ3) is 3.97. The normalized spacial score (nSPS) is 42.6. The lowest BCUT2D eigenvalue weighted by Crippen LogP contribution is -2.51. The molecule has 0 saturated heterocycles. The molecule has 0 heterocycles. The second-order valence-electron chi connectivity index (χ2n) is 11.5. The van der Waals surface area contributed by atoms with Crippen molar-refractivity contribution in [3.05, 3.63) is 18.6 Å². The zero-order valence-corrected chi connectivity index (χ0v) is 19.7. The quantitative estimate of drug-likeness (QED) is 0.310. The highest BCUT2D eigenvalue weighted by atomic mass is 16.5. The van der Waals surface area contributed by atoms with Crippen molar-refractivity contribution in [2.45, 2.75) is 97.5 Å². The average Bonchev–Trinajstić information content (AvgIpc) is 3.09. The lowest BCUT2D eigenvalue weighted by molar-refractivity contribution is -0.154. The lowest BCUT2D eigenvalue weighted by atomic mass is 9.47. The van der Waals surface area contributed by atoms with Crippen LogP contribution in [0.3, 0.4) is 0 Å². The summed E-state index contributed by atoms with van der Waals surface area (Å²) in [6.45, 7) is 11.7. The summed E-state index contributed by atoms with van der Waals surface area (Å²) in [6.07, 6.45) is 12.7. The average molecular weight is 430 g/mol. The molecule has 4 nitrogen and oxygen atoms in total. The van der Waals surface area contributed by atoms with Crippen LogP contribution in [-0.2, 0) is 14.3 Å². The van der Waals surface area contributed by atoms with Gasteiger partial charge in [0.25, 0.3) is 0 Å². The van der Waals surface area contributed by atoms with Gasteiger partial charge in [-0.2, -0.15) is 6.42 Å². The molecule has 4 rings (SSSR count). The van der Waals surface area contributed by atoms with Gasteiger partial charge in [-0.15, -0.1) is 0 Å². The molecule has 174 valence electrons. The Morgan fingerprint density at radius 1 is 1.16 bits per heavy atom. The molecule has 0 aromatic heterocycles. The summed E-state index contributed by atoms with van der Waals surface area (Å²) >= 11 is 0. The molecule has 8 atom stereocenters. The molecule has 3 fully saturated rings. The topological polar surface area (TPSA) is 63.6 Å². The van der Waals surface area contributed by atoms with Gasteiger partial charge in [-0.05, 0) is 79.4 Å². The van der Waals surface area contributed by atoms with Gasteiger partial charge in [-0.3, -0.25) is 9.59 Å². The SMILES string of the molecule is [CH2-]C[C@@H](C)[C@H]1CC[C@H]2[C@@H]3CC=C4C[C@@H](OC(=O)CCC(=O)O)CC[C@]4(C)[C@H]3CC[C@]12C. The van der Waals surface area contributed by atoms with Gasteiger partial charge in [-0.1, -0.05) is 38.3 Å². The summed E-state index contributed by atoms with van der Waals surface area (Å²) in [5, 5.41) is 8.79. The molecule has 0 aromatic carbocycles. The summed E-state index contributed by atoms with van der Waals surface area (Å²) in [7, 11) is 0. The van der Waals surface area contributed by atoms with Crippen LogP contribution in [0, 0.1) is 47.3 Å². The second-order valence-corrected chi connectivity index (χ2v) is 11.5. The molecular weight excluding hydrogens is 388 g/mol. The van der Waals surface area contributed by atoms with Gasteiger partial charge in [0.05, 0.1) is 12.8 Å². The number of carboxylic acid groups (broad SMARTS) is 1. The van der Waals surface area contributed by atoms with E-state index < -0.39 is 5.97 Å². The van der Waals surface area contributed by atoms with Gasteiger partial charge >= 0.3 is 11.9 Å². The number of esters is 1. The predicted octanol–water partition coefficient (Wildman–Crippen LogP) is 6.20. The number of carboxylic acids is 1. The van der Waals surface area contributed by atoms with Crippen LogP contribution in [0.15, 0.2) is 11.6 Å². The van der Waals surface area contributed by atoms with E-state index in [9.17, 15) is 9.59 Å². The van der Waals surface area contributed by atoms with E-state index in [2.05, 4.69) is 33.8 Å². The van der Waals surface area contributed by atoms with Crippen LogP contribution >= 0.6 is 0 Å². The number of hydrogen-bond donors (Lipinski definition) is 1. The van der Waals surface area contributed by atoms with Gasteiger partial charge < -0.3 is 16.8 Å². The monoisotopic (exact) mass is 429 g/mol. The highest BCUT2D eigenvalue weighted by Crippen LogP contribution is 2.67. The molecule has 0 radical (unpaired) electrons. The Hall–Kier alpha value is -1.32. The van der Waals surface area contributed by atoms with Crippen molar-refractivity contribution in [3.63, 3.8) is 0 Å². The molecular formula is C27H41O4-. The smallest absolute Gasteiger partial charge is 0.306 e. The van der Waals surface area contributed by atoms with Crippen molar-refractivity contribution < 1.29 is 19.4 Å². The van der Waals surface area contributed by atoms with Crippen LogP contribution < -0.4 is 0 Å². The molecule has 0 unspecified atom stereocenters. The number of ether oxygens (including phenoxy) is 1. The number of fused-ring (bicyclic) bond motifs is 5. The molecule has 31 heavy (non-hydrogen) atoms. The summed E-state index contributed by atoms with van der Waals surface area (Å²) in [6, 6.07) is 0. The number of hydrogen-bond acceptors (Lipinski definition) is 3. The van der Waals surface area contributed by atoms with Crippen molar-refractivity contribution in [1.29, 1.82) is 0 Å². The van der Waals surface area contributed by atoms with E-state index >= 15 is 0 Å². The number of carbonyl (C=O) groups excluding carboxylic acids is 1. The van der Waals surface area contributed by atoms with E-state index in [1.807, 2.05) is 0 Å². The van der Waals surface area contributed by atoms with Gasteiger partial charge in [0.1, 0.15) is 6.10 Å². The predicted molar refractivity (Wildman–Crippen MR) is 121 cm³/mol. The standard InChI is InChI=1S/C27H41O4/c1-5-17(2)21-8-9-22-20-7-6-18-16-19(31-25(30)11-10-24(28)29)12-14-26(18,3)23(20)13-15-27(21,22)4/h6,17,19-23H,1,5,7-16H2,2-4H3,(H,28,29)/q-1/t17-,19+,20+,21-,22+,23+,26+,27-/m1/s1. The van der Waals surface area contributed by atoms with Crippen molar-refractivity contribution in [3.8, 4) is 0 Å². The van der Waals surface area contributed by atoms with Gasteiger partial charge in [0, 0.05) is 6.42 Å². The molecule has 0 aliphatic heterocycles. The first-order valence-corrected chi connectivity index (χ1v) is 12.6. The summed E-state index contributed by atoms with van der Waals surface area (Å²) in [5.41, 5.74) is 2.22. The summed E-state index contributed by atoms with van der Waals surface area (Å²) in [4.78, 5) is 22.8. The Morgan fingerprint density at radius 3 is 2.65 bits per heavy atom. The Kier molecular flexibility index (Phi) is 6.31. The van der Waals surface area contributed by atoms with Crippen LogP contribution in [0.1, 0.15) is 91.4 Å². The van der Waals surface area contributed by atoms with E-state index in [-0.39, 0.29) is 30.3 Å². The molecule has 4 aliphatic carbocycles. The molecule has 0 bridgehead atoms. The summed E-state index contributed by atoms with van der Waals surface area (Å²) < 4.78 is 5.66. The van der Waals surface area contributed by atoms with E-state index in [1.54, 1.807) is 0 Å². The maximum absolute atomic E-state index is 12.0. The van der Waals surface area contributed by atoms with E-state index in [0.717, 1.165) is 55.3 Å². The number of aliphatic carboxylic acids is 1.